The molecule has 1 nitrogen and oxygen atoms in total. The third kappa shape index (κ3) is 6.49. The molecule has 0 aromatic heterocycles. The molecule has 2 saturated carbocycles. The largest absolute Gasteiger partial charge is 0.242 e. The molecule has 0 saturated heterocycles. The maximum Gasteiger partial charge on any atom is 0.123 e. The minimum Gasteiger partial charge on any atom is -0.242 e. The zero-order valence-electron chi connectivity index (χ0n) is 18.5. The van der Waals surface area contributed by atoms with Crippen LogP contribution in [0.4, 0.5) is 10.1 Å². The van der Waals surface area contributed by atoms with E-state index in [9.17, 15) is 4.39 Å². The lowest BCUT2D eigenvalue weighted by Gasteiger charge is -2.39. The van der Waals surface area contributed by atoms with Gasteiger partial charge in [-0.25, -0.2) is 9.38 Å². The van der Waals surface area contributed by atoms with Crippen molar-refractivity contribution in [3.05, 3.63) is 70.9 Å². The van der Waals surface area contributed by atoms with Crippen LogP contribution in [-0.4, -0.2) is 10.3 Å². The fourth-order valence-electron chi connectivity index (χ4n) is 4.82. The van der Waals surface area contributed by atoms with Gasteiger partial charge in [0.25, 0.3) is 0 Å². The number of hydrogen-bond donors (Lipinski definition) is 0. The smallest absolute Gasteiger partial charge is 0.123 e. The molecule has 0 amide bonds. The summed E-state index contributed by atoms with van der Waals surface area (Å²) in [5.41, 5.74) is 3.59. The number of rotatable bonds is 5. The quantitative estimate of drug-likeness (QED) is 0.254. The minimum absolute atomic E-state index is 0.195. The molecule has 0 spiro atoms. The van der Waals surface area contributed by atoms with Crippen molar-refractivity contribution in [2.24, 2.45) is 16.8 Å². The lowest BCUT2D eigenvalue weighted by atomic mass is 9.71. The van der Waals surface area contributed by atoms with Gasteiger partial charge in [0.2, 0.25) is 0 Å². The molecule has 0 heterocycles. The molecule has 0 N–H and O–H groups in total. The fraction of sp³-hybridized carbons (Fsp3) is 0.444. The first-order valence-electron chi connectivity index (χ1n) is 11.5. The first kappa shape index (κ1) is 22.7. The number of halogens is 1. The van der Waals surface area contributed by atoms with E-state index in [1.807, 2.05) is 23.9 Å². The second-order valence-corrected chi connectivity index (χ2v) is 11.3. The van der Waals surface area contributed by atoms with Gasteiger partial charge in [0, 0.05) is 10.1 Å². The van der Waals surface area contributed by atoms with Crippen LogP contribution in [0.25, 0.3) is 0 Å². The van der Waals surface area contributed by atoms with E-state index in [-0.39, 0.29) is 5.82 Å². The van der Waals surface area contributed by atoms with E-state index in [0.717, 1.165) is 27.5 Å². The molecule has 2 aliphatic carbocycles. The standard InChI is InChI=1S/C27H32FNS2/c1-19-7-11-24(17-20(19)2)29-27(15-16-30-25-13-9-23(28)10-14-25)31-26-12-8-21-5-3-4-6-22(21)18-26/h7,9-11,13-17,21-22,26H,3-6,8,12,18H2,1-2H3/b16-15+,29-27-. The number of fused-ring (bicyclic) bond motifs is 1. The Hall–Kier alpha value is -1.52. The molecular weight excluding hydrogens is 421 g/mol. The molecule has 2 aromatic carbocycles. The average molecular weight is 454 g/mol. The van der Waals surface area contributed by atoms with Crippen LogP contribution in [0.3, 0.4) is 0 Å². The van der Waals surface area contributed by atoms with Crippen molar-refractivity contribution in [3.8, 4) is 0 Å². The van der Waals surface area contributed by atoms with Gasteiger partial charge in [0.1, 0.15) is 5.82 Å². The van der Waals surface area contributed by atoms with Crippen LogP contribution in [0.15, 0.2) is 63.8 Å². The number of nitrogens with zero attached hydrogens (tertiary/aromatic N) is 1. The monoisotopic (exact) mass is 453 g/mol. The Morgan fingerprint density at radius 2 is 1.71 bits per heavy atom. The minimum atomic E-state index is -0.195. The van der Waals surface area contributed by atoms with Gasteiger partial charge < -0.3 is 0 Å². The molecule has 2 aromatic rings. The van der Waals surface area contributed by atoms with Crippen LogP contribution in [0, 0.1) is 31.5 Å². The number of hydrogen-bond acceptors (Lipinski definition) is 3. The van der Waals surface area contributed by atoms with Crippen molar-refractivity contribution in [3.63, 3.8) is 0 Å². The molecule has 2 fully saturated rings. The van der Waals surface area contributed by atoms with Gasteiger partial charge in [0.05, 0.1) is 10.7 Å². The van der Waals surface area contributed by atoms with E-state index in [1.165, 1.54) is 68.2 Å². The van der Waals surface area contributed by atoms with Crippen molar-refractivity contribution >= 4 is 34.3 Å². The second kappa shape index (κ2) is 10.9. The number of benzene rings is 2. The Morgan fingerprint density at radius 3 is 2.48 bits per heavy atom. The summed E-state index contributed by atoms with van der Waals surface area (Å²) in [6.07, 6.45) is 11.9. The third-order valence-corrected chi connectivity index (χ3v) is 8.78. The van der Waals surface area contributed by atoms with Gasteiger partial charge >= 0.3 is 0 Å². The number of aliphatic imine (C=N–C) groups is 1. The summed E-state index contributed by atoms with van der Waals surface area (Å²) in [6.45, 7) is 4.28. The van der Waals surface area contributed by atoms with E-state index in [0.29, 0.717) is 5.25 Å². The Bertz CT molecular complexity index is 935. The summed E-state index contributed by atoms with van der Waals surface area (Å²) in [6, 6.07) is 13.1. The highest BCUT2D eigenvalue weighted by molar-refractivity contribution is 8.15. The summed E-state index contributed by atoms with van der Waals surface area (Å²) < 4.78 is 13.2. The lowest BCUT2D eigenvalue weighted by molar-refractivity contribution is 0.175. The second-order valence-electron chi connectivity index (χ2n) is 8.95. The number of thioether (sulfide) groups is 2. The van der Waals surface area contributed by atoms with Gasteiger partial charge in [-0.15, -0.1) is 11.8 Å². The maximum atomic E-state index is 13.2. The Morgan fingerprint density at radius 1 is 0.935 bits per heavy atom. The van der Waals surface area contributed by atoms with Crippen LogP contribution < -0.4 is 0 Å². The van der Waals surface area contributed by atoms with Crippen molar-refractivity contribution in [1.29, 1.82) is 0 Å². The summed E-state index contributed by atoms with van der Waals surface area (Å²) in [5, 5.41) is 3.83. The van der Waals surface area contributed by atoms with Gasteiger partial charge in [-0.05, 0) is 104 Å². The SMILES string of the molecule is Cc1ccc(/N=C(/C=C/Sc2ccc(F)cc2)SC2CCC3CCCCC3C2)cc1C. The predicted molar refractivity (Wildman–Crippen MR) is 135 cm³/mol. The Kier molecular flexibility index (Phi) is 7.95. The zero-order chi connectivity index (χ0) is 21.6. The van der Waals surface area contributed by atoms with Crippen molar-refractivity contribution in [2.75, 3.05) is 0 Å². The van der Waals surface area contributed by atoms with Crippen molar-refractivity contribution < 1.29 is 4.39 Å². The molecule has 31 heavy (non-hydrogen) atoms. The van der Waals surface area contributed by atoms with Crippen LogP contribution in [0.2, 0.25) is 0 Å². The highest BCUT2D eigenvalue weighted by atomic mass is 32.2. The highest BCUT2D eigenvalue weighted by Crippen LogP contribution is 2.44. The molecule has 0 aliphatic heterocycles. The predicted octanol–water partition coefficient (Wildman–Crippen LogP) is 8.87. The van der Waals surface area contributed by atoms with E-state index in [1.54, 1.807) is 11.8 Å². The first-order chi connectivity index (χ1) is 15.1. The average Bonchev–Trinajstić information content (AvgIpc) is 2.77. The van der Waals surface area contributed by atoms with Crippen LogP contribution in [0.5, 0.6) is 0 Å². The molecule has 164 valence electrons. The van der Waals surface area contributed by atoms with Crippen LogP contribution in [0.1, 0.15) is 56.1 Å². The van der Waals surface area contributed by atoms with Crippen LogP contribution in [-0.2, 0) is 0 Å². The van der Waals surface area contributed by atoms with Crippen molar-refractivity contribution in [1.82, 2.24) is 0 Å². The zero-order valence-corrected chi connectivity index (χ0v) is 20.2. The first-order valence-corrected chi connectivity index (χ1v) is 13.2. The number of aryl methyl sites for hydroxylation is 2. The van der Waals surface area contributed by atoms with Crippen LogP contribution >= 0.6 is 23.5 Å². The summed E-state index contributed by atoms with van der Waals surface area (Å²) in [7, 11) is 0. The molecule has 0 radical (unpaired) electrons. The van der Waals surface area contributed by atoms with E-state index >= 15 is 0 Å². The maximum absolute atomic E-state index is 13.2. The molecule has 4 rings (SSSR count). The van der Waals surface area contributed by atoms with E-state index in [2.05, 4.69) is 43.5 Å². The topological polar surface area (TPSA) is 12.4 Å². The summed E-state index contributed by atoms with van der Waals surface area (Å²) in [4.78, 5) is 6.06. The fourth-order valence-corrected chi connectivity index (χ4v) is 6.79. The van der Waals surface area contributed by atoms with Gasteiger partial charge in [-0.2, -0.15) is 0 Å². The van der Waals surface area contributed by atoms with E-state index < -0.39 is 0 Å². The third-order valence-electron chi connectivity index (χ3n) is 6.74. The summed E-state index contributed by atoms with van der Waals surface area (Å²) in [5.74, 6) is 1.69. The molecule has 3 atom stereocenters. The Balaban J connectivity index is 1.48. The van der Waals surface area contributed by atoms with Crippen molar-refractivity contribution in [2.45, 2.75) is 68.9 Å². The lowest BCUT2D eigenvalue weighted by Crippen LogP contribution is -2.29. The molecular formula is C27H32FNS2. The molecule has 3 unspecified atom stereocenters. The Labute approximate surface area is 195 Å². The van der Waals surface area contributed by atoms with Gasteiger partial charge in [-0.3, -0.25) is 0 Å². The van der Waals surface area contributed by atoms with E-state index in [4.69, 9.17) is 4.99 Å². The van der Waals surface area contributed by atoms with Gasteiger partial charge in [-0.1, -0.05) is 43.5 Å². The highest BCUT2D eigenvalue weighted by Gasteiger charge is 2.32. The molecule has 4 heteroatoms. The molecule has 2 aliphatic rings. The van der Waals surface area contributed by atoms with Gasteiger partial charge in [0.15, 0.2) is 0 Å². The summed E-state index contributed by atoms with van der Waals surface area (Å²) >= 11 is 3.57. The molecule has 0 bridgehead atoms. The normalized spacial score (nSPS) is 24.4.